The number of nitriles is 1. The minimum Gasteiger partial charge on any atom is -0.494 e. The molecule has 0 radical (unpaired) electrons. The van der Waals surface area contributed by atoms with Crippen molar-refractivity contribution in [3.05, 3.63) is 110 Å². The Hall–Kier alpha value is -3.88. The van der Waals surface area contributed by atoms with Gasteiger partial charge >= 0.3 is 0 Å². The first-order chi connectivity index (χ1) is 15.4. The van der Waals surface area contributed by atoms with Crippen molar-refractivity contribution in [2.75, 3.05) is 0 Å². The summed E-state index contributed by atoms with van der Waals surface area (Å²) >= 11 is 6.22. The highest BCUT2D eigenvalue weighted by molar-refractivity contribution is 6.31. The summed E-state index contributed by atoms with van der Waals surface area (Å²) < 4.78 is 1.03. The van der Waals surface area contributed by atoms with Crippen molar-refractivity contribution in [1.29, 1.82) is 5.26 Å². The lowest BCUT2D eigenvalue weighted by Gasteiger charge is -2.16. The molecule has 0 bridgehead atoms. The predicted molar refractivity (Wildman–Crippen MR) is 124 cm³/mol. The molecule has 158 valence electrons. The summed E-state index contributed by atoms with van der Waals surface area (Å²) in [6.45, 7) is 1.45. The number of hydrogen-bond acceptors (Lipinski definition) is 4. The lowest BCUT2D eigenvalue weighted by molar-refractivity contribution is 0.0988. The van der Waals surface area contributed by atoms with E-state index in [9.17, 15) is 20.0 Å². The Balaban J connectivity index is 1.83. The summed E-state index contributed by atoms with van der Waals surface area (Å²) in [6.07, 6.45) is 0.0188. The number of halogens is 1. The van der Waals surface area contributed by atoms with Crippen molar-refractivity contribution in [3.8, 4) is 11.9 Å². The lowest BCUT2D eigenvalue weighted by Crippen LogP contribution is -2.27. The molecule has 4 aromatic rings. The standard InChI is InChI=1S/C26H19ClN2O3/c1-16-21(14-28)25(31)29(15-19-8-3-5-12-22(19)27)26(32)24(16)23(30)13-18-10-6-9-17-7-2-4-11-20(17)18/h2-12,32H,13,15H2,1H3. The molecule has 1 heterocycles. The molecule has 6 heteroatoms. The first-order valence-corrected chi connectivity index (χ1v) is 10.4. The highest BCUT2D eigenvalue weighted by Crippen LogP contribution is 2.27. The molecular formula is C26H19ClN2O3. The van der Waals surface area contributed by atoms with Gasteiger partial charge < -0.3 is 5.11 Å². The van der Waals surface area contributed by atoms with Gasteiger partial charge in [0.15, 0.2) is 5.78 Å². The van der Waals surface area contributed by atoms with Gasteiger partial charge in [0.1, 0.15) is 11.6 Å². The van der Waals surface area contributed by atoms with Gasteiger partial charge in [0.05, 0.1) is 12.1 Å². The molecule has 0 amide bonds. The van der Waals surface area contributed by atoms with Crippen LogP contribution in [-0.4, -0.2) is 15.5 Å². The molecule has 4 rings (SSSR count). The fourth-order valence-corrected chi connectivity index (χ4v) is 4.13. The van der Waals surface area contributed by atoms with Crippen LogP contribution in [0.1, 0.15) is 32.6 Å². The zero-order chi connectivity index (χ0) is 22.8. The van der Waals surface area contributed by atoms with Crippen molar-refractivity contribution in [2.45, 2.75) is 19.9 Å². The van der Waals surface area contributed by atoms with E-state index in [-0.39, 0.29) is 35.4 Å². The van der Waals surface area contributed by atoms with Crippen molar-refractivity contribution in [2.24, 2.45) is 0 Å². The Kier molecular flexibility index (Phi) is 5.81. The average molecular weight is 443 g/mol. The molecule has 0 atom stereocenters. The Bertz CT molecular complexity index is 1460. The lowest BCUT2D eigenvalue weighted by atomic mass is 9.94. The molecule has 0 saturated carbocycles. The molecular weight excluding hydrogens is 424 g/mol. The minimum absolute atomic E-state index is 0.0188. The number of fused-ring (bicyclic) bond motifs is 1. The highest BCUT2D eigenvalue weighted by Gasteiger charge is 2.24. The Morgan fingerprint density at radius 2 is 1.69 bits per heavy atom. The van der Waals surface area contributed by atoms with Crippen LogP contribution in [0.4, 0.5) is 0 Å². The fourth-order valence-electron chi connectivity index (χ4n) is 3.94. The number of carbonyl (C=O) groups is 1. The second kappa shape index (κ2) is 8.70. The van der Waals surface area contributed by atoms with Gasteiger partial charge in [0.25, 0.3) is 5.56 Å². The maximum atomic E-state index is 13.3. The number of ketones is 1. The van der Waals surface area contributed by atoms with Crippen molar-refractivity contribution in [3.63, 3.8) is 0 Å². The summed E-state index contributed by atoms with van der Waals surface area (Å²) in [6, 6.07) is 22.2. The van der Waals surface area contributed by atoms with Crippen LogP contribution in [0.15, 0.2) is 71.5 Å². The van der Waals surface area contributed by atoms with E-state index in [1.54, 1.807) is 24.3 Å². The largest absolute Gasteiger partial charge is 0.494 e. The number of rotatable bonds is 5. The van der Waals surface area contributed by atoms with Gasteiger partial charge in [0, 0.05) is 11.4 Å². The van der Waals surface area contributed by atoms with Crippen LogP contribution in [0.25, 0.3) is 10.8 Å². The summed E-state index contributed by atoms with van der Waals surface area (Å²) in [5.41, 5.74) is 0.707. The molecule has 1 N–H and O–H groups in total. The van der Waals surface area contributed by atoms with Gasteiger partial charge in [-0.05, 0) is 40.5 Å². The first kappa shape index (κ1) is 21.4. The van der Waals surface area contributed by atoms with E-state index in [4.69, 9.17) is 11.6 Å². The molecule has 1 aromatic heterocycles. The number of pyridine rings is 1. The van der Waals surface area contributed by atoms with Crippen LogP contribution in [-0.2, 0) is 13.0 Å². The molecule has 32 heavy (non-hydrogen) atoms. The maximum Gasteiger partial charge on any atom is 0.271 e. The van der Waals surface area contributed by atoms with E-state index in [0.717, 1.165) is 20.9 Å². The second-order valence-electron chi connectivity index (χ2n) is 7.53. The molecule has 3 aromatic carbocycles. The summed E-state index contributed by atoms with van der Waals surface area (Å²) in [7, 11) is 0. The Morgan fingerprint density at radius 1 is 1.03 bits per heavy atom. The van der Waals surface area contributed by atoms with Crippen molar-refractivity contribution in [1.82, 2.24) is 4.57 Å². The number of Topliss-reactive ketones (excluding diaryl/α,β-unsaturated/α-hetero) is 1. The van der Waals surface area contributed by atoms with Gasteiger partial charge in [0.2, 0.25) is 5.88 Å². The van der Waals surface area contributed by atoms with Crippen molar-refractivity contribution >= 4 is 28.2 Å². The first-order valence-electron chi connectivity index (χ1n) is 10.0. The van der Waals surface area contributed by atoms with Crippen LogP contribution in [0.3, 0.4) is 0 Å². The van der Waals surface area contributed by atoms with E-state index < -0.39 is 11.4 Å². The molecule has 5 nitrogen and oxygen atoms in total. The normalized spacial score (nSPS) is 10.8. The number of hydrogen-bond donors (Lipinski definition) is 1. The molecule has 0 aliphatic heterocycles. The maximum absolute atomic E-state index is 13.3. The number of carbonyl (C=O) groups excluding carboxylic acids is 1. The third-order valence-corrected chi connectivity index (χ3v) is 5.96. The molecule has 0 spiro atoms. The minimum atomic E-state index is -0.663. The number of benzene rings is 3. The number of aromatic nitrogens is 1. The van der Waals surface area contributed by atoms with Gasteiger partial charge in [-0.25, -0.2) is 0 Å². The quantitative estimate of drug-likeness (QED) is 0.440. The SMILES string of the molecule is Cc1c(C(=O)Cc2cccc3ccccc23)c(O)n(Cc2ccccc2Cl)c(=O)c1C#N. The fraction of sp³-hybridized carbons (Fsp3) is 0.115. The molecule has 0 unspecified atom stereocenters. The predicted octanol–water partition coefficient (Wildman–Crippen LogP) is 5.01. The Morgan fingerprint density at radius 3 is 2.44 bits per heavy atom. The van der Waals surface area contributed by atoms with Crippen LogP contribution in [0.5, 0.6) is 5.88 Å². The van der Waals surface area contributed by atoms with Gasteiger partial charge in [-0.1, -0.05) is 72.3 Å². The van der Waals surface area contributed by atoms with E-state index in [1.165, 1.54) is 6.92 Å². The zero-order valence-corrected chi connectivity index (χ0v) is 18.1. The molecule has 0 aliphatic rings. The number of aromatic hydroxyl groups is 1. The summed E-state index contributed by atoms with van der Waals surface area (Å²) in [4.78, 5) is 26.2. The van der Waals surface area contributed by atoms with Crippen LogP contribution < -0.4 is 5.56 Å². The van der Waals surface area contributed by atoms with Crippen LogP contribution >= 0.6 is 11.6 Å². The smallest absolute Gasteiger partial charge is 0.271 e. The van der Waals surface area contributed by atoms with E-state index in [0.29, 0.717) is 10.6 Å². The van der Waals surface area contributed by atoms with Gasteiger partial charge in [-0.3, -0.25) is 14.2 Å². The van der Waals surface area contributed by atoms with Crippen molar-refractivity contribution < 1.29 is 9.90 Å². The van der Waals surface area contributed by atoms with Crippen LogP contribution in [0.2, 0.25) is 5.02 Å². The third kappa shape index (κ3) is 3.77. The monoisotopic (exact) mass is 442 g/mol. The van der Waals surface area contributed by atoms with Gasteiger partial charge in [-0.15, -0.1) is 0 Å². The third-order valence-electron chi connectivity index (χ3n) is 5.60. The molecule has 0 fully saturated rings. The summed E-state index contributed by atoms with van der Waals surface area (Å²) in [5, 5.41) is 22.9. The Labute approximate surface area is 189 Å². The van der Waals surface area contributed by atoms with Gasteiger partial charge in [-0.2, -0.15) is 5.26 Å². The molecule has 0 aliphatic carbocycles. The average Bonchev–Trinajstić information content (AvgIpc) is 2.78. The van der Waals surface area contributed by atoms with E-state index >= 15 is 0 Å². The topological polar surface area (TPSA) is 83.1 Å². The second-order valence-corrected chi connectivity index (χ2v) is 7.94. The zero-order valence-electron chi connectivity index (χ0n) is 17.3. The van der Waals surface area contributed by atoms with E-state index in [1.807, 2.05) is 48.5 Å². The molecule has 0 saturated heterocycles. The van der Waals surface area contributed by atoms with Crippen LogP contribution in [0, 0.1) is 18.3 Å². The number of nitrogens with zero attached hydrogens (tertiary/aromatic N) is 2. The highest BCUT2D eigenvalue weighted by atomic mass is 35.5. The summed E-state index contributed by atoms with van der Waals surface area (Å²) in [5.74, 6) is -0.836. The van der Waals surface area contributed by atoms with E-state index in [2.05, 4.69) is 0 Å².